The third kappa shape index (κ3) is 4.42. The van der Waals surface area contributed by atoms with Crippen molar-refractivity contribution in [2.24, 2.45) is 5.92 Å². The minimum atomic E-state index is -0.891. The molecule has 7 nitrogen and oxygen atoms in total. The van der Waals surface area contributed by atoms with Crippen LogP contribution in [0.15, 0.2) is 78.9 Å². The van der Waals surface area contributed by atoms with Gasteiger partial charge in [0.1, 0.15) is 5.92 Å². The molecule has 2 aliphatic heterocycles. The number of ether oxygens (including phenoxy) is 2. The summed E-state index contributed by atoms with van der Waals surface area (Å²) in [4.78, 5) is 34.7. The van der Waals surface area contributed by atoms with Gasteiger partial charge in [0, 0.05) is 0 Å². The summed E-state index contributed by atoms with van der Waals surface area (Å²) >= 11 is 0. The number of hydroxylamine groups is 1. The topological polar surface area (TPSA) is 68.3 Å². The Balaban J connectivity index is 1.53. The molecule has 3 atom stereocenters. The van der Waals surface area contributed by atoms with Crippen LogP contribution in [0.25, 0.3) is 0 Å². The molecule has 2 heterocycles. The van der Waals surface area contributed by atoms with E-state index in [4.69, 9.17) is 14.3 Å². The molecule has 2 fully saturated rings. The van der Waals surface area contributed by atoms with Crippen molar-refractivity contribution in [3.63, 3.8) is 0 Å². The number of hydrogen-bond acceptors (Lipinski definition) is 6. The smallest absolute Gasteiger partial charge is 0.262 e. The molecule has 5 rings (SSSR count). The zero-order valence-electron chi connectivity index (χ0n) is 20.5. The van der Waals surface area contributed by atoms with Gasteiger partial charge < -0.3 is 9.47 Å². The van der Waals surface area contributed by atoms with Crippen molar-refractivity contribution in [1.82, 2.24) is 4.90 Å². The summed E-state index contributed by atoms with van der Waals surface area (Å²) in [6, 6.07) is 24.3. The van der Waals surface area contributed by atoms with Gasteiger partial charge in [-0.05, 0) is 48.7 Å². The van der Waals surface area contributed by atoms with Gasteiger partial charge in [0.2, 0.25) is 5.91 Å². The summed E-state index contributed by atoms with van der Waals surface area (Å²) in [5.41, 5.74) is 2.49. The van der Waals surface area contributed by atoms with Crippen LogP contribution in [0.3, 0.4) is 0 Å². The third-order valence-corrected chi connectivity index (χ3v) is 6.47. The van der Waals surface area contributed by atoms with E-state index in [1.807, 2.05) is 92.7 Å². The highest BCUT2D eigenvalue weighted by atomic mass is 16.7. The van der Waals surface area contributed by atoms with Gasteiger partial charge in [-0.15, -0.1) is 0 Å². The molecule has 3 aromatic carbocycles. The second-order valence-corrected chi connectivity index (χ2v) is 8.89. The normalized spacial score (nSPS) is 21.1. The largest absolute Gasteiger partial charge is 0.490 e. The average molecular weight is 487 g/mol. The predicted octanol–water partition coefficient (Wildman–Crippen LogP) is 4.92. The van der Waals surface area contributed by atoms with Crippen LogP contribution in [0.2, 0.25) is 0 Å². The van der Waals surface area contributed by atoms with E-state index in [9.17, 15) is 9.59 Å². The molecule has 0 aromatic heterocycles. The van der Waals surface area contributed by atoms with Gasteiger partial charge in [0.15, 0.2) is 17.6 Å². The van der Waals surface area contributed by atoms with Crippen molar-refractivity contribution in [1.29, 1.82) is 0 Å². The monoisotopic (exact) mass is 486 g/mol. The van der Waals surface area contributed by atoms with Crippen LogP contribution in [0, 0.1) is 5.92 Å². The number of hydrogen-bond donors (Lipinski definition) is 0. The van der Waals surface area contributed by atoms with Crippen LogP contribution in [-0.2, 0) is 21.0 Å². The first-order valence-corrected chi connectivity index (χ1v) is 12.4. The fraction of sp³-hybridized carbons (Fsp3) is 0.310. The van der Waals surface area contributed by atoms with Crippen molar-refractivity contribution >= 4 is 17.5 Å². The maximum atomic E-state index is 13.7. The zero-order valence-corrected chi connectivity index (χ0v) is 20.5. The molecule has 7 heteroatoms. The molecule has 186 valence electrons. The summed E-state index contributed by atoms with van der Waals surface area (Å²) in [7, 11) is 0. The fourth-order valence-corrected chi connectivity index (χ4v) is 4.84. The van der Waals surface area contributed by atoms with Crippen molar-refractivity contribution in [2.45, 2.75) is 39.0 Å². The molecule has 2 saturated heterocycles. The van der Waals surface area contributed by atoms with E-state index in [0.717, 1.165) is 23.2 Å². The standard InChI is InChI=1S/C29H30N2O5/c1-3-17-35-23-16-15-21(18-24(23)34-4-2)26-25-27(36-31(26)22-13-9-6-10-14-22)29(33)30(28(25)32)19-20-11-7-5-8-12-20/h5-16,18,25-27H,3-4,17,19H2,1-2H3/t25-,26+,27+/m1/s1. The lowest BCUT2D eigenvalue weighted by Gasteiger charge is -2.29. The maximum Gasteiger partial charge on any atom is 0.262 e. The average Bonchev–Trinajstić information content (AvgIpc) is 3.41. The first-order chi connectivity index (χ1) is 17.6. The van der Waals surface area contributed by atoms with Crippen LogP contribution in [0.5, 0.6) is 11.5 Å². The van der Waals surface area contributed by atoms with Crippen LogP contribution < -0.4 is 14.5 Å². The molecule has 2 amide bonds. The van der Waals surface area contributed by atoms with Gasteiger partial charge in [-0.3, -0.25) is 19.3 Å². The Morgan fingerprint density at radius 3 is 2.25 bits per heavy atom. The number of anilines is 1. The van der Waals surface area contributed by atoms with Crippen LogP contribution in [0.1, 0.15) is 37.4 Å². The summed E-state index contributed by atoms with van der Waals surface area (Å²) in [6.45, 7) is 5.24. The molecular formula is C29H30N2O5. The molecule has 2 aliphatic rings. The molecule has 0 aliphatic carbocycles. The molecule has 0 unspecified atom stereocenters. The van der Waals surface area contributed by atoms with E-state index < -0.39 is 18.1 Å². The zero-order chi connectivity index (χ0) is 25.1. The van der Waals surface area contributed by atoms with E-state index in [-0.39, 0.29) is 18.4 Å². The second-order valence-electron chi connectivity index (χ2n) is 8.89. The lowest BCUT2D eigenvalue weighted by Crippen LogP contribution is -2.36. The Labute approximate surface area is 211 Å². The molecule has 0 radical (unpaired) electrons. The first kappa shape index (κ1) is 23.9. The number of carbonyl (C=O) groups is 2. The molecule has 0 bridgehead atoms. The predicted molar refractivity (Wildman–Crippen MR) is 135 cm³/mol. The Hall–Kier alpha value is -3.84. The quantitative estimate of drug-likeness (QED) is 0.400. The van der Waals surface area contributed by atoms with E-state index in [2.05, 4.69) is 0 Å². The van der Waals surface area contributed by atoms with Crippen LogP contribution >= 0.6 is 0 Å². The van der Waals surface area contributed by atoms with Gasteiger partial charge in [-0.2, -0.15) is 0 Å². The number of amides is 2. The highest BCUT2D eigenvalue weighted by Crippen LogP contribution is 2.48. The molecule has 0 saturated carbocycles. The number of fused-ring (bicyclic) bond motifs is 1. The fourth-order valence-electron chi connectivity index (χ4n) is 4.84. The summed E-state index contributed by atoms with van der Waals surface area (Å²) in [5.74, 6) is 0.0339. The van der Waals surface area contributed by atoms with Gasteiger partial charge in [-0.25, -0.2) is 5.06 Å². The summed E-state index contributed by atoms with van der Waals surface area (Å²) in [6.07, 6.45) is -0.0126. The van der Waals surface area contributed by atoms with E-state index in [1.165, 1.54) is 4.90 Å². The first-order valence-electron chi connectivity index (χ1n) is 12.4. The van der Waals surface area contributed by atoms with Crippen molar-refractivity contribution in [3.05, 3.63) is 90.0 Å². The maximum absolute atomic E-state index is 13.7. The molecule has 0 N–H and O–H groups in total. The number of carbonyl (C=O) groups excluding carboxylic acids is 2. The molecule has 3 aromatic rings. The van der Waals surface area contributed by atoms with E-state index in [0.29, 0.717) is 24.7 Å². The summed E-state index contributed by atoms with van der Waals surface area (Å²) in [5, 5.41) is 1.70. The minimum absolute atomic E-state index is 0.223. The van der Waals surface area contributed by atoms with Crippen molar-refractivity contribution < 1.29 is 23.9 Å². The Morgan fingerprint density at radius 1 is 0.833 bits per heavy atom. The Kier molecular flexibility index (Phi) is 6.91. The lowest BCUT2D eigenvalue weighted by atomic mass is 9.90. The third-order valence-electron chi connectivity index (χ3n) is 6.47. The highest BCUT2D eigenvalue weighted by Gasteiger charge is 2.59. The van der Waals surface area contributed by atoms with E-state index in [1.54, 1.807) is 5.06 Å². The number of para-hydroxylation sites is 1. The Bertz CT molecular complexity index is 1220. The number of imide groups is 1. The molecule has 0 spiro atoms. The number of likely N-dealkylation sites (tertiary alicyclic amines) is 1. The van der Waals surface area contributed by atoms with Crippen molar-refractivity contribution in [2.75, 3.05) is 18.3 Å². The van der Waals surface area contributed by atoms with Gasteiger partial charge in [0.25, 0.3) is 5.91 Å². The van der Waals surface area contributed by atoms with Crippen LogP contribution in [-0.4, -0.2) is 36.0 Å². The van der Waals surface area contributed by atoms with Crippen LogP contribution in [0.4, 0.5) is 5.69 Å². The molecule has 36 heavy (non-hydrogen) atoms. The number of nitrogens with zero attached hydrogens (tertiary/aromatic N) is 2. The molecular weight excluding hydrogens is 456 g/mol. The highest BCUT2D eigenvalue weighted by molar-refractivity contribution is 6.07. The SMILES string of the molecule is CCCOc1ccc([C@H]2[C@H]3C(=O)N(Cc4ccccc4)C(=O)[C@H]3ON2c2ccccc2)cc1OCC. The second kappa shape index (κ2) is 10.4. The van der Waals surface area contributed by atoms with Gasteiger partial charge in [-0.1, -0.05) is 61.5 Å². The van der Waals surface area contributed by atoms with Gasteiger partial charge >= 0.3 is 0 Å². The van der Waals surface area contributed by atoms with Gasteiger partial charge in [0.05, 0.1) is 31.5 Å². The summed E-state index contributed by atoms with van der Waals surface area (Å²) < 4.78 is 11.8. The Morgan fingerprint density at radius 2 is 1.56 bits per heavy atom. The lowest BCUT2D eigenvalue weighted by molar-refractivity contribution is -0.143. The minimum Gasteiger partial charge on any atom is -0.490 e. The number of rotatable bonds is 9. The van der Waals surface area contributed by atoms with Crippen molar-refractivity contribution in [3.8, 4) is 11.5 Å². The number of benzene rings is 3. The van der Waals surface area contributed by atoms with E-state index >= 15 is 0 Å².